The van der Waals surface area contributed by atoms with Crippen LogP contribution < -0.4 is 10.1 Å². The van der Waals surface area contributed by atoms with E-state index in [2.05, 4.69) is 11.9 Å². The summed E-state index contributed by atoms with van der Waals surface area (Å²) in [6, 6.07) is 6.98. The zero-order valence-electron chi connectivity index (χ0n) is 8.98. The molecule has 4 heteroatoms. The summed E-state index contributed by atoms with van der Waals surface area (Å²) in [6.07, 6.45) is 1.60. The maximum atomic E-state index is 11.2. The Morgan fingerprint density at radius 2 is 2.38 bits per heavy atom. The van der Waals surface area contributed by atoms with Gasteiger partial charge in [-0.05, 0) is 17.7 Å². The second kappa shape index (κ2) is 6.63. The van der Waals surface area contributed by atoms with Crippen molar-refractivity contribution in [3.05, 3.63) is 42.5 Å². The van der Waals surface area contributed by atoms with Gasteiger partial charge in [0.15, 0.2) is 6.61 Å². The number of aliphatic hydroxyl groups excluding tert-OH is 1. The molecular weight excluding hydrogens is 206 g/mol. The number of benzene rings is 1. The highest BCUT2D eigenvalue weighted by molar-refractivity contribution is 5.77. The minimum absolute atomic E-state index is 0.0390. The Morgan fingerprint density at radius 1 is 1.56 bits per heavy atom. The van der Waals surface area contributed by atoms with Crippen molar-refractivity contribution in [1.82, 2.24) is 5.32 Å². The average molecular weight is 221 g/mol. The number of amides is 1. The summed E-state index contributed by atoms with van der Waals surface area (Å²) in [5, 5.41) is 11.5. The molecule has 4 nitrogen and oxygen atoms in total. The van der Waals surface area contributed by atoms with Crippen LogP contribution in [0.1, 0.15) is 5.56 Å². The molecule has 16 heavy (non-hydrogen) atoms. The third kappa shape index (κ3) is 4.14. The third-order valence-corrected chi connectivity index (χ3v) is 1.89. The Kier molecular flexibility index (Phi) is 5.08. The molecule has 0 spiro atoms. The Balaban J connectivity index is 2.41. The van der Waals surface area contributed by atoms with Crippen LogP contribution >= 0.6 is 0 Å². The van der Waals surface area contributed by atoms with E-state index < -0.39 is 0 Å². The molecular formula is C12H15NO3. The van der Waals surface area contributed by atoms with Crippen molar-refractivity contribution < 1.29 is 14.6 Å². The molecule has 0 aliphatic carbocycles. The first-order valence-corrected chi connectivity index (χ1v) is 4.96. The number of aliphatic hydroxyl groups is 1. The molecule has 0 bridgehead atoms. The smallest absolute Gasteiger partial charge is 0.258 e. The van der Waals surface area contributed by atoms with Crippen LogP contribution in [-0.4, -0.2) is 24.2 Å². The fourth-order valence-electron chi connectivity index (χ4n) is 1.12. The lowest BCUT2D eigenvalue weighted by molar-refractivity contribution is -0.122. The molecule has 0 heterocycles. The standard InChI is InChI=1S/C12H15NO3/c1-2-6-13-12(15)9-16-11-5-3-4-10(7-11)8-14/h2-5,7,14H,1,6,8-9H2,(H,13,15). The molecule has 1 aromatic carbocycles. The van der Waals surface area contributed by atoms with E-state index in [1.165, 1.54) is 0 Å². The molecule has 1 rings (SSSR count). The highest BCUT2D eigenvalue weighted by Crippen LogP contribution is 2.12. The zero-order valence-corrected chi connectivity index (χ0v) is 8.98. The molecule has 2 N–H and O–H groups in total. The number of rotatable bonds is 6. The molecule has 0 fully saturated rings. The summed E-state index contributed by atoms with van der Waals surface area (Å²) >= 11 is 0. The lowest BCUT2D eigenvalue weighted by Gasteiger charge is -2.06. The van der Waals surface area contributed by atoms with E-state index >= 15 is 0 Å². The summed E-state index contributed by atoms with van der Waals surface area (Å²) in [6.45, 7) is 3.84. The van der Waals surface area contributed by atoms with Gasteiger partial charge in [-0.2, -0.15) is 0 Å². The number of ether oxygens (including phenoxy) is 1. The zero-order chi connectivity index (χ0) is 11.8. The summed E-state index contributed by atoms with van der Waals surface area (Å²) in [7, 11) is 0. The quantitative estimate of drug-likeness (QED) is 0.700. The van der Waals surface area contributed by atoms with Crippen LogP contribution in [0.15, 0.2) is 36.9 Å². The van der Waals surface area contributed by atoms with Gasteiger partial charge in [0, 0.05) is 6.54 Å². The average Bonchev–Trinajstić information content (AvgIpc) is 2.34. The highest BCUT2D eigenvalue weighted by Gasteiger charge is 2.01. The molecule has 0 atom stereocenters. The maximum absolute atomic E-state index is 11.2. The number of carbonyl (C=O) groups is 1. The van der Waals surface area contributed by atoms with Crippen molar-refractivity contribution in [2.45, 2.75) is 6.61 Å². The minimum Gasteiger partial charge on any atom is -0.484 e. The molecule has 1 amide bonds. The number of carbonyl (C=O) groups excluding carboxylic acids is 1. The highest BCUT2D eigenvalue weighted by atomic mass is 16.5. The normalized spacial score (nSPS) is 9.56. The lowest BCUT2D eigenvalue weighted by Crippen LogP contribution is -2.28. The van der Waals surface area contributed by atoms with Crippen molar-refractivity contribution in [2.24, 2.45) is 0 Å². The predicted octanol–water partition coefficient (Wildman–Crippen LogP) is 0.860. The Hall–Kier alpha value is -1.81. The van der Waals surface area contributed by atoms with Crippen molar-refractivity contribution in [2.75, 3.05) is 13.2 Å². The van der Waals surface area contributed by atoms with Crippen LogP contribution in [0.4, 0.5) is 0 Å². The van der Waals surface area contributed by atoms with Gasteiger partial charge in [0.05, 0.1) is 6.61 Å². The summed E-state index contributed by atoms with van der Waals surface area (Å²) in [4.78, 5) is 11.2. The van der Waals surface area contributed by atoms with Crippen LogP contribution in [0.2, 0.25) is 0 Å². The van der Waals surface area contributed by atoms with Crippen molar-refractivity contribution in [1.29, 1.82) is 0 Å². The SMILES string of the molecule is C=CCNC(=O)COc1cccc(CO)c1. The molecule has 0 saturated carbocycles. The molecule has 0 aromatic heterocycles. The van der Waals surface area contributed by atoms with Crippen LogP contribution in [0.25, 0.3) is 0 Å². The molecule has 86 valence electrons. The van der Waals surface area contributed by atoms with E-state index in [0.717, 1.165) is 5.56 Å². The summed E-state index contributed by atoms with van der Waals surface area (Å²) in [5.41, 5.74) is 0.754. The van der Waals surface area contributed by atoms with Crippen molar-refractivity contribution in [3.8, 4) is 5.75 Å². The van der Waals surface area contributed by atoms with Gasteiger partial charge in [-0.25, -0.2) is 0 Å². The molecule has 1 aromatic rings. The molecule has 0 aliphatic heterocycles. The van der Waals surface area contributed by atoms with E-state index in [4.69, 9.17) is 9.84 Å². The topological polar surface area (TPSA) is 58.6 Å². The van der Waals surface area contributed by atoms with E-state index in [1.807, 2.05) is 0 Å². The van der Waals surface area contributed by atoms with Gasteiger partial charge < -0.3 is 15.2 Å². The van der Waals surface area contributed by atoms with Gasteiger partial charge >= 0.3 is 0 Å². The number of hydrogen-bond donors (Lipinski definition) is 2. The van der Waals surface area contributed by atoms with Gasteiger partial charge in [-0.1, -0.05) is 18.2 Å². The van der Waals surface area contributed by atoms with Gasteiger partial charge in [0.1, 0.15) is 5.75 Å². The van der Waals surface area contributed by atoms with Crippen LogP contribution in [0.5, 0.6) is 5.75 Å². The fraction of sp³-hybridized carbons (Fsp3) is 0.250. The maximum Gasteiger partial charge on any atom is 0.258 e. The van der Waals surface area contributed by atoms with Gasteiger partial charge in [-0.3, -0.25) is 4.79 Å². The largest absolute Gasteiger partial charge is 0.484 e. The van der Waals surface area contributed by atoms with E-state index in [9.17, 15) is 4.79 Å². The summed E-state index contributed by atoms with van der Waals surface area (Å²) < 4.78 is 5.25. The van der Waals surface area contributed by atoms with Crippen molar-refractivity contribution >= 4 is 5.91 Å². The van der Waals surface area contributed by atoms with Gasteiger partial charge in [-0.15, -0.1) is 6.58 Å². The first-order valence-electron chi connectivity index (χ1n) is 4.96. The Labute approximate surface area is 94.6 Å². The number of nitrogens with one attached hydrogen (secondary N) is 1. The lowest BCUT2D eigenvalue weighted by atomic mass is 10.2. The van der Waals surface area contributed by atoms with Crippen LogP contribution in [0, 0.1) is 0 Å². The van der Waals surface area contributed by atoms with E-state index in [-0.39, 0.29) is 19.1 Å². The van der Waals surface area contributed by atoms with Gasteiger partial charge in [0.25, 0.3) is 5.91 Å². The Morgan fingerprint density at radius 3 is 3.06 bits per heavy atom. The summed E-state index contributed by atoms with van der Waals surface area (Å²) in [5.74, 6) is 0.370. The minimum atomic E-state index is -0.200. The first kappa shape index (κ1) is 12.3. The molecule has 0 unspecified atom stereocenters. The van der Waals surface area contributed by atoms with Gasteiger partial charge in [0.2, 0.25) is 0 Å². The van der Waals surface area contributed by atoms with Crippen LogP contribution in [-0.2, 0) is 11.4 Å². The van der Waals surface area contributed by atoms with Crippen molar-refractivity contribution in [3.63, 3.8) is 0 Å². The first-order chi connectivity index (χ1) is 7.76. The molecule has 0 radical (unpaired) electrons. The number of hydrogen-bond acceptors (Lipinski definition) is 3. The Bertz CT molecular complexity index is 363. The van der Waals surface area contributed by atoms with Crippen LogP contribution in [0.3, 0.4) is 0 Å². The molecule has 0 aliphatic rings. The molecule has 0 saturated heterocycles. The van der Waals surface area contributed by atoms with E-state index in [1.54, 1.807) is 30.3 Å². The predicted molar refractivity (Wildman–Crippen MR) is 61.1 cm³/mol. The third-order valence-electron chi connectivity index (χ3n) is 1.89. The second-order valence-electron chi connectivity index (χ2n) is 3.19. The second-order valence-corrected chi connectivity index (χ2v) is 3.19. The monoisotopic (exact) mass is 221 g/mol. The fourth-order valence-corrected chi connectivity index (χ4v) is 1.12. The van der Waals surface area contributed by atoms with E-state index in [0.29, 0.717) is 12.3 Å².